The highest BCUT2D eigenvalue weighted by Gasteiger charge is 2.18. The zero-order chi connectivity index (χ0) is 30.9. The first-order valence-corrected chi connectivity index (χ1v) is 15.9. The number of benzene rings is 8. The molecule has 0 saturated carbocycles. The molecule has 10 aromatic rings. The highest BCUT2D eigenvalue weighted by atomic mass is 16.3. The van der Waals surface area contributed by atoms with E-state index in [1.165, 1.54) is 16.3 Å². The van der Waals surface area contributed by atoms with Crippen molar-refractivity contribution < 1.29 is 8.83 Å². The van der Waals surface area contributed by atoms with E-state index in [0.717, 1.165) is 77.3 Å². The van der Waals surface area contributed by atoms with Gasteiger partial charge in [-0.25, -0.2) is 0 Å². The van der Waals surface area contributed by atoms with E-state index in [1.807, 2.05) is 12.1 Å². The van der Waals surface area contributed by atoms with E-state index in [9.17, 15) is 0 Å². The maximum atomic E-state index is 6.63. The summed E-state index contributed by atoms with van der Waals surface area (Å²) in [6.07, 6.45) is 0. The Kier molecular flexibility index (Phi) is 5.57. The molecule has 0 aliphatic carbocycles. The molecule has 0 unspecified atom stereocenters. The monoisotopic (exact) mass is 601 g/mol. The van der Waals surface area contributed by atoms with E-state index in [0.29, 0.717) is 0 Å². The molecule has 47 heavy (non-hydrogen) atoms. The van der Waals surface area contributed by atoms with Crippen LogP contribution in [0.3, 0.4) is 0 Å². The molecule has 3 nitrogen and oxygen atoms in total. The molecule has 0 aliphatic heterocycles. The van der Waals surface area contributed by atoms with E-state index in [-0.39, 0.29) is 0 Å². The van der Waals surface area contributed by atoms with Crippen LogP contribution < -0.4 is 4.90 Å². The lowest BCUT2D eigenvalue weighted by Crippen LogP contribution is -2.10. The van der Waals surface area contributed by atoms with Crippen molar-refractivity contribution in [2.75, 3.05) is 4.90 Å². The number of fused-ring (bicyclic) bond motifs is 10. The predicted octanol–water partition coefficient (Wildman–Crippen LogP) is 12.9. The van der Waals surface area contributed by atoms with Crippen LogP contribution >= 0.6 is 0 Å². The van der Waals surface area contributed by atoms with Gasteiger partial charge in [-0.1, -0.05) is 103 Å². The fraction of sp³-hybridized carbons (Fsp3) is 0. The van der Waals surface area contributed by atoms with Gasteiger partial charge in [0.2, 0.25) is 0 Å². The van der Waals surface area contributed by atoms with Gasteiger partial charge in [-0.2, -0.15) is 0 Å². The Labute approximate surface area is 270 Å². The molecule has 10 rings (SSSR count). The summed E-state index contributed by atoms with van der Waals surface area (Å²) in [7, 11) is 0. The third-order valence-electron chi connectivity index (χ3n) is 9.42. The average molecular weight is 602 g/mol. The van der Waals surface area contributed by atoms with Crippen molar-refractivity contribution >= 4 is 82.5 Å². The Hall–Kier alpha value is -6.32. The Morgan fingerprint density at radius 3 is 1.96 bits per heavy atom. The lowest BCUT2D eigenvalue weighted by atomic mass is 10.0. The van der Waals surface area contributed by atoms with Crippen LogP contribution in [0, 0.1) is 0 Å². The predicted molar refractivity (Wildman–Crippen MR) is 196 cm³/mol. The van der Waals surface area contributed by atoms with Crippen molar-refractivity contribution in [1.29, 1.82) is 0 Å². The first kappa shape index (κ1) is 26.0. The Morgan fingerprint density at radius 2 is 1.04 bits per heavy atom. The van der Waals surface area contributed by atoms with Crippen molar-refractivity contribution in [3.05, 3.63) is 164 Å². The van der Waals surface area contributed by atoms with Gasteiger partial charge in [0.25, 0.3) is 0 Å². The van der Waals surface area contributed by atoms with Crippen LogP contribution in [0.4, 0.5) is 17.1 Å². The molecule has 0 N–H and O–H groups in total. The molecular formula is C44H27NO2. The SMILES string of the molecule is c1ccc(-c2cccc(N(c3ccc4c(ccc5oc6ccccc6c54)c3)c3ccc4c(c3)oc3c5ccccc5ccc43)c2)cc1. The molecule has 2 aromatic heterocycles. The first-order chi connectivity index (χ1) is 23.3. The summed E-state index contributed by atoms with van der Waals surface area (Å²) in [4.78, 5) is 2.33. The van der Waals surface area contributed by atoms with Crippen LogP contribution in [0.2, 0.25) is 0 Å². The second-order valence-electron chi connectivity index (χ2n) is 12.1. The molecule has 0 atom stereocenters. The molecule has 2 heterocycles. The number of para-hydroxylation sites is 1. The molecule has 220 valence electrons. The zero-order valence-electron chi connectivity index (χ0n) is 25.4. The molecule has 8 aromatic carbocycles. The van der Waals surface area contributed by atoms with Crippen LogP contribution in [-0.2, 0) is 0 Å². The minimum absolute atomic E-state index is 0.866. The minimum Gasteiger partial charge on any atom is -0.456 e. The van der Waals surface area contributed by atoms with Crippen molar-refractivity contribution in [3.8, 4) is 11.1 Å². The highest BCUT2D eigenvalue weighted by molar-refractivity contribution is 6.19. The quantitative estimate of drug-likeness (QED) is 0.201. The summed E-state index contributed by atoms with van der Waals surface area (Å²) in [5.41, 5.74) is 9.11. The van der Waals surface area contributed by atoms with Crippen LogP contribution in [-0.4, -0.2) is 0 Å². The number of hydrogen-bond donors (Lipinski definition) is 0. The molecule has 0 spiro atoms. The second kappa shape index (κ2) is 10.1. The van der Waals surface area contributed by atoms with Gasteiger partial charge in [-0.3, -0.25) is 0 Å². The molecule has 0 bridgehead atoms. The third kappa shape index (κ3) is 4.07. The summed E-state index contributed by atoms with van der Waals surface area (Å²) in [6.45, 7) is 0. The Morgan fingerprint density at radius 1 is 0.340 bits per heavy atom. The van der Waals surface area contributed by atoms with Gasteiger partial charge in [0.05, 0.1) is 0 Å². The average Bonchev–Trinajstić information content (AvgIpc) is 3.71. The molecular weight excluding hydrogens is 574 g/mol. The van der Waals surface area contributed by atoms with Gasteiger partial charge in [-0.05, 0) is 81.9 Å². The van der Waals surface area contributed by atoms with Gasteiger partial charge in [-0.15, -0.1) is 0 Å². The lowest BCUT2D eigenvalue weighted by molar-refractivity contribution is 0.669. The van der Waals surface area contributed by atoms with Crippen molar-refractivity contribution in [2.24, 2.45) is 0 Å². The van der Waals surface area contributed by atoms with Gasteiger partial charge in [0, 0.05) is 50.1 Å². The van der Waals surface area contributed by atoms with Crippen molar-refractivity contribution in [2.45, 2.75) is 0 Å². The van der Waals surface area contributed by atoms with E-state index in [1.54, 1.807) is 0 Å². The summed E-state index contributed by atoms with van der Waals surface area (Å²) >= 11 is 0. The molecule has 0 saturated heterocycles. The smallest absolute Gasteiger partial charge is 0.143 e. The van der Waals surface area contributed by atoms with Gasteiger partial charge < -0.3 is 13.7 Å². The number of rotatable bonds is 4. The molecule has 3 heteroatoms. The number of nitrogens with zero attached hydrogens (tertiary/aromatic N) is 1. The summed E-state index contributed by atoms with van der Waals surface area (Å²) in [5.74, 6) is 0. The maximum absolute atomic E-state index is 6.63. The molecule has 0 fully saturated rings. The summed E-state index contributed by atoms with van der Waals surface area (Å²) in [6, 6.07) is 57.9. The van der Waals surface area contributed by atoms with Gasteiger partial charge in [0.1, 0.15) is 22.3 Å². The van der Waals surface area contributed by atoms with E-state index in [4.69, 9.17) is 8.83 Å². The maximum Gasteiger partial charge on any atom is 0.143 e. The standard InChI is InChI=1S/C44H27NO2/c1-2-9-28(10-3-1)30-12-8-13-32(25-30)45(33-19-22-35-31(26-33)18-24-41-43(35)39-15-6-7-16-40(39)46-41)34-20-23-37-38-21-17-29-11-4-5-14-36(29)44(38)47-42(37)27-34/h1-27H. The summed E-state index contributed by atoms with van der Waals surface area (Å²) < 4.78 is 12.8. The van der Waals surface area contributed by atoms with Crippen LogP contribution in [0.25, 0.3) is 76.5 Å². The summed E-state index contributed by atoms with van der Waals surface area (Å²) in [5, 5.41) is 9.16. The van der Waals surface area contributed by atoms with E-state index >= 15 is 0 Å². The van der Waals surface area contributed by atoms with Crippen LogP contribution in [0.1, 0.15) is 0 Å². The lowest BCUT2D eigenvalue weighted by Gasteiger charge is -2.26. The molecule has 0 aliphatic rings. The number of hydrogen-bond acceptors (Lipinski definition) is 3. The van der Waals surface area contributed by atoms with Crippen molar-refractivity contribution in [3.63, 3.8) is 0 Å². The molecule has 0 amide bonds. The number of anilines is 3. The largest absolute Gasteiger partial charge is 0.456 e. The normalized spacial score (nSPS) is 11.8. The zero-order valence-corrected chi connectivity index (χ0v) is 25.4. The number of furan rings is 2. The fourth-order valence-electron chi connectivity index (χ4n) is 7.21. The van der Waals surface area contributed by atoms with Crippen LogP contribution in [0.15, 0.2) is 173 Å². The van der Waals surface area contributed by atoms with Gasteiger partial charge >= 0.3 is 0 Å². The van der Waals surface area contributed by atoms with E-state index < -0.39 is 0 Å². The Balaban J connectivity index is 1.19. The second-order valence-corrected chi connectivity index (χ2v) is 12.1. The third-order valence-corrected chi connectivity index (χ3v) is 9.42. The molecule has 0 radical (unpaired) electrons. The minimum atomic E-state index is 0.866. The van der Waals surface area contributed by atoms with Crippen LogP contribution in [0.5, 0.6) is 0 Å². The topological polar surface area (TPSA) is 29.5 Å². The fourth-order valence-corrected chi connectivity index (χ4v) is 7.21. The van der Waals surface area contributed by atoms with Gasteiger partial charge in [0.15, 0.2) is 0 Å². The highest BCUT2D eigenvalue weighted by Crippen LogP contribution is 2.43. The van der Waals surface area contributed by atoms with E-state index in [2.05, 4.69) is 157 Å². The van der Waals surface area contributed by atoms with Crippen molar-refractivity contribution in [1.82, 2.24) is 0 Å². The first-order valence-electron chi connectivity index (χ1n) is 15.9. The Bertz CT molecular complexity index is 2800.